The molecule has 2 rings (SSSR count). The second-order valence-electron chi connectivity index (χ2n) is 6.49. The van der Waals surface area contributed by atoms with Crippen molar-refractivity contribution in [1.29, 1.82) is 0 Å². The van der Waals surface area contributed by atoms with E-state index in [-0.39, 0.29) is 5.41 Å². The Labute approximate surface area is 111 Å². The zero-order valence-electron chi connectivity index (χ0n) is 12.2. The molecule has 1 atom stereocenters. The summed E-state index contributed by atoms with van der Waals surface area (Å²) in [6.45, 7) is 9.63. The molecule has 0 spiro atoms. The summed E-state index contributed by atoms with van der Waals surface area (Å²) >= 11 is 0. The van der Waals surface area contributed by atoms with Crippen LogP contribution in [0.2, 0.25) is 0 Å². The van der Waals surface area contributed by atoms with Gasteiger partial charge in [-0.3, -0.25) is 4.79 Å². The Bertz CT molecular complexity index is 297. The standard InChI is InChI=1S/C15H28N2O/c1-12(2)17-11-5-4-8-15(3,14(17)18)13-6-9-16-10-7-13/h12-13,16H,4-11H2,1-3H3/t15-/m1/s1. The SMILES string of the molecule is CC(C)N1CCCC[C@](C)(C2CCNCC2)C1=O. The van der Waals surface area contributed by atoms with Gasteiger partial charge in [0.15, 0.2) is 0 Å². The highest BCUT2D eigenvalue weighted by Gasteiger charge is 2.44. The molecule has 18 heavy (non-hydrogen) atoms. The molecule has 2 aliphatic heterocycles. The molecule has 0 saturated carbocycles. The van der Waals surface area contributed by atoms with Gasteiger partial charge in [0.2, 0.25) is 5.91 Å². The molecule has 0 aliphatic carbocycles. The maximum absolute atomic E-state index is 12.9. The smallest absolute Gasteiger partial charge is 0.229 e. The van der Waals surface area contributed by atoms with Gasteiger partial charge in [0.05, 0.1) is 0 Å². The normalized spacial score (nSPS) is 31.8. The topological polar surface area (TPSA) is 32.3 Å². The summed E-state index contributed by atoms with van der Waals surface area (Å²) < 4.78 is 0. The van der Waals surface area contributed by atoms with Crippen LogP contribution in [0.4, 0.5) is 0 Å². The number of carbonyl (C=O) groups excluding carboxylic acids is 1. The lowest BCUT2D eigenvalue weighted by atomic mass is 9.69. The van der Waals surface area contributed by atoms with Crippen molar-refractivity contribution in [3.63, 3.8) is 0 Å². The van der Waals surface area contributed by atoms with Gasteiger partial charge >= 0.3 is 0 Å². The Morgan fingerprint density at radius 2 is 1.94 bits per heavy atom. The molecule has 0 aromatic heterocycles. The van der Waals surface area contributed by atoms with Gasteiger partial charge in [0, 0.05) is 18.0 Å². The zero-order chi connectivity index (χ0) is 13.2. The lowest BCUT2D eigenvalue weighted by molar-refractivity contribution is -0.146. The lowest BCUT2D eigenvalue weighted by Crippen LogP contribution is -2.49. The van der Waals surface area contributed by atoms with Crippen molar-refractivity contribution < 1.29 is 4.79 Å². The molecule has 3 heteroatoms. The van der Waals surface area contributed by atoms with Crippen LogP contribution >= 0.6 is 0 Å². The van der Waals surface area contributed by atoms with E-state index >= 15 is 0 Å². The average molecular weight is 252 g/mol. The Morgan fingerprint density at radius 1 is 1.28 bits per heavy atom. The highest BCUT2D eigenvalue weighted by atomic mass is 16.2. The third-order valence-corrected chi connectivity index (χ3v) is 4.96. The Morgan fingerprint density at radius 3 is 2.56 bits per heavy atom. The van der Waals surface area contributed by atoms with Crippen LogP contribution in [0.25, 0.3) is 0 Å². The molecule has 0 radical (unpaired) electrons. The Hall–Kier alpha value is -0.570. The molecule has 104 valence electrons. The summed E-state index contributed by atoms with van der Waals surface area (Å²) in [6, 6.07) is 0.344. The van der Waals surface area contributed by atoms with Crippen LogP contribution in [-0.2, 0) is 4.79 Å². The Balaban J connectivity index is 2.19. The van der Waals surface area contributed by atoms with Crippen LogP contribution in [0, 0.1) is 11.3 Å². The first-order chi connectivity index (χ1) is 8.55. The minimum atomic E-state index is -0.108. The van der Waals surface area contributed by atoms with Crippen LogP contribution in [0.1, 0.15) is 52.9 Å². The van der Waals surface area contributed by atoms with Gasteiger partial charge < -0.3 is 10.2 Å². The predicted octanol–water partition coefficient (Wildman–Crippen LogP) is 2.41. The molecular formula is C15H28N2O. The van der Waals surface area contributed by atoms with Crippen molar-refractivity contribution in [3.05, 3.63) is 0 Å². The largest absolute Gasteiger partial charge is 0.340 e. The predicted molar refractivity (Wildman–Crippen MR) is 74.4 cm³/mol. The van der Waals surface area contributed by atoms with E-state index < -0.39 is 0 Å². The molecule has 0 bridgehead atoms. The summed E-state index contributed by atoms with van der Waals surface area (Å²) in [4.78, 5) is 15.0. The monoisotopic (exact) mass is 252 g/mol. The van der Waals surface area contributed by atoms with E-state index in [2.05, 4.69) is 31.0 Å². The number of hydrogen-bond donors (Lipinski definition) is 1. The fourth-order valence-corrected chi connectivity index (χ4v) is 3.64. The molecule has 1 N–H and O–H groups in total. The maximum atomic E-state index is 12.9. The number of amides is 1. The molecule has 1 amide bonds. The number of carbonyl (C=O) groups is 1. The van der Waals surface area contributed by atoms with Crippen molar-refractivity contribution >= 4 is 5.91 Å². The fourth-order valence-electron chi connectivity index (χ4n) is 3.64. The molecular weight excluding hydrogens is 224 g/mol. The van der Waals surface area contributed by atoms with Crippen molar-refractivity contribution in [2.24, 2.45) is 11.3 Å². The van der Waals surface area contributed by atoms with Crippen LogP contribution in [0.15, 0.2) is 0 Å². The molecule has 0 aromatic rings. The van der Waals surface area contributed by atoms with E-state index in [0.717, 1.165) is 38.9 Å². The number of hydrogen-bond acceptors (Lipinski definition) is 2. The summed E-state index contributed by atoms with van der Waals surface area (Å²) in [5, 5.41) is 3.41. The number of nitrogens with zero attached hydrogens (tertiary/aromatic N) is 1. The number of nitrogens with one attached hydrogen (secondary N) is 1. The zero-order valence-corrected chi connectivity index (χ0v) is 12.2. The van der Waals surface area contributed by atoms with Crippen LogP contribution in [0.5, 0.6) is 0 Å². The average Bonchev–Trinajstić information content (AvgIpc) is 2.52. The van der Waals surface area contributed by atoms with Crippen LogP contribution in [0.3, 0.4) is 0 Å². The van der Waals surface area contributed by atoms with Gasteiger partial charge in [-0.2, -0.15) is 0 Å². The molecule has 2 saturated heterocycles. The second-order valence-corrected chi connectivity index (χ2v) is 6.49. The first kappa shape index (κ1) is 13.9. The van der Waals surface area contributed by atoms with Gasteiger partial charge in [0.25, 0.3) is 0 Å². The molecule has 2 fully saturated rings. The quantitative estimate of drug-likeness (QED) is 0.818. The van der Waals surface area contributed by atoms with E-state index in [1.807, 2.05) is 0 Å². The van der Waals surface area contributed by atoms with Gasteiger partial charge in [-0.15, -0.1) is 0 Å². The fraction of sp³-hybridized carbons (Fsp3) is 0.933. The van der Waals surface area contributed by atoms with E-state index in [1.165, 1.54) is 12.8 Å². The van der Waals surface area contributed by atoms with Gasteiger partial charge in [-0.05, 0) is 58.5 Å². The minimum absolute atomic E-state index is 0.108. The van der Waals surface area contributed by atoms with Crippen molar-refractivity contribution in [2.75, 3.05) is 19.6 Å². The second kappa shape index (κ2) is 5.60. The molecule has 2 aliphatic rings. The van der Waals surface area contributed by atoms with Crippen molar-refractivity contribution in [3.8, 4) is 0 Å². The highest BCUT2D eigenvalue weighted by molar-refractivity contribution is 5.83. The third-order valence-electron chi connectivity index (χ3n) is 4.96. The number of likely N-dealkylation sites (tertiary alicyclic amines) is 1. The van der Waals surface area contributed by atoms with Crippen molar-refractivity contribution in [1.82, 2.24) is 10.2 Å². The summed E-state index contributed by atoms with van der Waals surface area (Å²) in [6.07, 6.45) is 5.78. The van der Waals surface area contributed by atoms with E-state index in [0.29, 0.717) is 17.9 Å². The summed E-state index contributed by atoms with van der Waals surface area (Å²) in [7, 11) is 0. The van der Waals surface area contributed by atoms with Gasteiger partial charge in [-0.25, -0.2) is 0 Å². The molecule has 0 unspecified atom stereocenters. The Kier molecular flexibility index (Phi) is 4.31. The van der Waals surface area contributed by atoms with Crippen molar-refractivity contribution in [2.45, 2.75) is 58.9 Å². The minimum Gasteiger partial charge on any atom is -0.340 e. The molecule has 0 aromatic carbocycles. The first-order valence-electron chi connectivity index (χ1n) is 7.57. The van der Waals surface area contributed by atoms with Gasteiger partial charge in [-0.1, -0.05) is 13.3 Å². The molecule has 2 heterocycles. The van der Waals surface area contributed by atoms with Gasteiger partial charge in [0.1, 0.15) is 0 Å². The third kappa shape index (κ3) is 2.56. The maximum Gasteiger partial charge on any atom is 0.229 e. The van der Waals surface area contributed by atoms with E-state index in [4.69, 9.17) is 0 Å². The van der Waals surface area contributed by atoms with Crippen LogP contribution in [-0.4, -0.2) is 36.5 Å². The summed E-state index contributed by atoms with van der Waals surface area (Å²) in [5.74, 6) is 0.993. The summed E-state index contributed by atoms with van der Waals surface area (Å²) in [5.41, 5.74) is -0.108. The number of rotatable bonds is 2. The van der Waals surface area contributed by atoms with Crippen LogP contribution < -0.4 is 5.32 Å². The number of piperidine rings is 1. The molecule has 3 nitrogen and oxygen atoms in total. The van der Waals surface area contributed by atoms with E-state index in [1.54, 1.807) is 0 Å². The van der Waals surface area contributed by atoms with E-state index in [9.17, 15) is 4.79 Å². The highest BCUT2D eigenvalue weighted by Crippen LogP contribution is 2.42. The lowest BCUT2D eigenvalue weighted by Gasteiger charge is -2.41. The first-order valence-corrected chi connectivity index (χ1v) is 7.57.